The zero-order valence-electron chi connectivity index (χ0n) is 13.9. The summed E-state index contributed by atoms with van der Waals surface area (Å²) in [4.78, 5) is 27.4. The third kappa shape index (κ3) is 3.62. The zero-order chi connectivity index (χ0) is 17.0. The molecule has 2 aromatic rings. The van der Waals surface area contributed by atoms with Crippen molar-refractivity contribution in [3.63, 3.8) is 0 Å². The Balaban J connectivity index is 2.23. The molecule has 1 aromatic heterocycles. The van der Waals surface area contributed by atoms with Crippen molar-refractivity contribution in [2.45, 2.75) is 34.1 Å². The topological polar surface area (TPSA) is 71.2 Å². The van der Waals surface area contributed by atoms with Crippen LogP contribution in [0.1, 0.15) is 51.5 Å². The lowest BCUT2D eigenvalue weighted by Gasteiger charge is -2.07. The highest BCUT2D eigenvalue weighted by Gasteiger charge is 2.22. The number of aryl methyl sites for hydroxylation is 2. The largest absolute Gasteiger partial charge is 0.461 e. The van der Waals surface area contributed by atoms with Gasteiger partial charge in [0.05, 0.1) is 12.2 Å². The minimum Gasteiger partial charge on any atom is -0.461 e. The van der Waals surface area contributed by atoms with Crippen molar-refractivity contribution in [3.8, 4) is 0 Å². The van der Waals surface area contributed by atoms with Crippen molar-refractivity contribution >= 4 is 17.6 Å². The Bertz CT molecular complexity index is 715. The SMILES string of the molecule is CCOC(=O)c1[nH]c(C)c(C(=O)Nc2ccc(CC)cc2)c1C. The molecule has 122 valence electrons. The molecule has 0 unspecified atom stereocenters. The average molecular weight is 314 g/mol. The van der Waals surface area contributed by atoms with Crippen LogP contribution in [0.15, 0.2) is 24.3 Å². The Hall–Kier alpha value is -2.56. The van der Waals surface area contributed by atoms with Gasteiger partial charge in [0, 0.05) is 11.4 Å². The Morgan fingerprint density at radius 1 is 1.13 bits per heavy atom. The van der Waals surface area contributed by atoms with Crippen LogP contribution in [-0.2, 0) is 11.2 Å². The van der Waals surface area contributed by atoms with Gasteiger partial charge in [-0.05, 0) is 50.5 Å². The van der Waals surface area contributed by atoms with E-state index >= 15 is 0 Å². The number of amides is 1. The fourth-order valence-electron chi connectivity index (χ4n) is 2.52. The molecule has 0 fully saturated rings. The summed E-state index contributed by atoms with van der Waals surface area (Å²) in [6.45, 7) is 7.63. The first-order chi connectivity index (χ1) is 11.0. The molecule has 1 heterocycles. The molecular weight excluding hydrogens is 292 g/mol. The lowest BCUT2D eigenvalue weighted by atomic mass is 10.1. The lowest BCUT2D eigenvalue weighted by molar-refractivity contribution is 0.0519. The van der Waals surface area contributed by atoms with E-state index in [9.17, 15) is 9.59 Å². The maximum Gasteiger partial charge on any atom is 0.355 e. The summed E-state index contributed by atoms with van der Waals surface area (Å²) < 4.78 is 5.00. The van der Waals surface area contributed by atoms with Gasteiger partial charge in [-0.2, -0.15) is 0 Å². The second-order valence-corrected chi connectivity index (χ2v) is 5.35. The number of carbonyl (C=O) groups is 2. The van der Waals surface area contributed by atoms with Crippen LogP contribution in [0.2, 0.25) is 0 Å². The molecule has 0 radical (unpaired) electrons. The number of esters is 1. The Labute approximate surface area is 136 Å². The van der Waals surface area contributed by atoms with E-state index in [0.29, 0.717) is 29.1 Å². The molecule has 2 rings (SSSR count). The fourth-order valence-corrected chi connectivity index (χ4v) is 2.52. The Kier molecular flexibility index (Phi) is 5.21. The zero-order valence-corrected chi connectivity index (χ0v) is 13.9. The van der Waals surface area contributed by atoms with Crippen LogP contribution in [-0.4, -0.2) is 23.5 Å². The van der Waals surface area contributed by atoms with Gasteiger partial charge in [0.15, 0.2) is 0 Å². The van der Waals surface area contributed by atoms with E-state index in [0.717, 1.165) is 12.1 Å². The van der Waals surface area contributed by atoms with Gasteiger partial charge in [0.2, 0.25) is 0 Å². The van der Waals surface area contributed by atoms with Gasteiger partial charge < -0.3 is 15.0 Å². The van der Waals surface area contributed by atoms with Crippen LogP contribution >= 0.6 is 0 Å². The third-order valence-corrected chi connectivity index (χ3v) is 3.76. The molecule has 0 spiro atoms. The Morgan fingerprint density at radius 2 is 1.78 bits per heavy atom. The highest BCUT2D eigenvalue weighted by atomic mass is 16.5. The molecule has 0 atom stereocenters. The van der Waals surface area contributed by atoms with Gasteiger partial charge in [-0.25, -0.2) is 4.79 Å². The van der Waals surface area contributed by atoms with Gasteiger partial charge in [-0.1, -0.05) is 19.1 Å². The molecule has 5 heteroatoms. The fraction of sp³-hybridized carbons (Fsp3) is 0.333. The number of hydrogen-bond donors (Lipinski definition) is 2. The first-order valence-electron chi connectivity index (χ1n) is 7.74. The third-order valence-electron chi connectivity index (χ3n) is 3.76. The highest BCUT2D eigenvalue weighted by Crippen LogP contribution is 2.20. The second-order valence-electron chi connectivity index (χ2n) is 5.35. The van der Waals surface area contributed by atoms with Crippen molar-refractivity contribution < 1.29 is 14.3 Å². The van der Waals surface area contributed by atoms with Crippen molar-refractivity contribution in [2.24, 2.45) is 0 Å². The number of aromatic nitrogens is 1. The quantitative estimate of drug-likeness (QED) is 0.828. The Morgan fingerprint density at radius 3 is 2.35 bits per heavy atom. The predicted octanol–water partition coefficient (Wildman–Crippen LogP) is 3.62. The second kappa shape index (κ2) is 7.13. The van der Waals surface area contributed by atoms with Crippen LogP contribution in [0, 0.1) is 13.8 Å². The number of H-pyrrole nitrogens is 1. The molecule has 1 amide bonds. The van der Waals surface area contributed by atoms with E-state index in [-0.39, 0.29) is 5.91 Å². The molecule has 0 saturated carbocycles. The molecule has 5 nitrogen and oxygen atoms in total. The molecular formula is C18H22N2O3. The van der Waals surface area contributed by atoms with Crippen LogP contribution < -0.4 is 5.32 Å². The van der Waals surface area contributed by atoms with Crippen LogP contribution in [0.3, 0.4) is 0 Å². The van der Waals surface area contributed by atoms with Crippen LogP contribution in [0.4, 0.5) is 5.69 Å². The summed E-state index contributed by atoms with van der Waals surface area (Å²) in [5.74, 6) is -0.685. The van der Waals surface area contributed by atoms with Gasteiger partial charge in [0.1, 0.15) is 5.69 Å². The number of nitrogens with one attached hydrogen (secondary N) is 2. The lowest BCUT2D eigenvalue weighted by Crippen LogP contribution is -2.14. The van der Waals surface area contributed by atoms with E-state index in [4.69, 9.17) is 4.74 Å². The maximum atomic E-state index is 12.5. The summed E-state index contributed by atoms with van der Waals surface area (Å²) in [6.07, 6.45) is 0.952. The first kappa shape index (κ1) is 16.8. The van der Waals surface area contributed by atoms with Crippen molar-refractivity contribution in [1.82, 2.24) is 4.98 Å². The molecule has 0 bridgehead atoms. The summed E-state index contributed by atoms with van der Waals surface area (Å²) in [7, 11) is 0. The van der Waals surface area contributed by atoms with E-state index < -0.39 is 5.97 Å². The van der Waals surface area contributed by atoms with Crippen LogP contribution in [0.25, 0.3) is 0 Å². The normalized spacial score (nSPS) is 10.4. The summed E-state index contributed by atoms with van der Waals surface area (Å²) >= 11 is 0. The van der Waals surface area contributed by atoms with Crippen molar-refractivity contribution in [3.05, 3.63) is 52.3 Å². The minimum atomic E-state index is -0.445. The number of carbonyl (C=O) groups excluding carboxylic acids is 2. The first-order valence-corrected chi connectivity index (χ1v) is 7.74. The number of rotatable bonds is 5. The molecule has 23 heavy (non-hydrogen) atoms. The number of aromatic amines is 1. The monoisotopic (exact) mass is 314 g/mol. The van der Waals surface area contributed by atoms with E-state index in [2.05, 4.69) is 17.2 Å². The van der Waals surface area contributed by atoms with Gasteiger partial charge in [0.25, 0.3) is 5.91 Å². The number of hydrogen-bond acceptors (Lipinski definition) is 3. The average Bonchev–Trinajstić information content (AvgIpc) is 2.83. The predicted molar refractivity (Wildman–Crippen MR) is 90.0 cm³/mol. The summed E-state index contributed by atoms with van der Waals surface area (Å²) in [5, 5.41) is 2.86. The smallest absolute Gasteiger partial charge is 0.355 e. The van der Waals surface area contributed by atoms with E-state index in [1.807, 2.05) is 24.3 Å². The van der Waals surface area contributed by atoms with E-state index in [1.54, 1.807) is 20.8 Å². The number of anilines is 1. The molecule has 0 saturated heterocycles. The minimum absolute atomic E-state index is 0.240. The van der Waals surface area contributed by atoms with Crippen molar-refractivity contribution in [1.29, 1.82) is 0 Å². The van der Waals surface area contributed by atoms with Crippen molar-refractivity contribution in [2.75, 3.05) is 11.9 Å². The summed E-state index contributed by atoms with van der Waals surface area (Å²) in [6, 6.07) is 7.72. The molecule has 2 N–H and O–H groups in total. The van der Waals surface area contributed by atoms with Crippen LogP contribution in [0.5, 0.6) is 0 Å². The maximum absolute atomic E-state index is 12.5. The van der Waals surface area contributed by atoms with E-state index in [1.165, 1.54) is 5.56 Å². The number of benzene rings is 1. The van der Waals surface area contributed by atoms with Gasteiger partial charge in [-0.3, -0.25) is 4.79 Å². The standard InChI is InChI=1S/C18H22N2O3/c1-5-13-7-9-14(10-8-13)20-17(21)15-11(3)16(19-12(15)4)18(22)23-6-2/h7-10,19H,5-6H2,1-4H3,(H,20,21). The van der Waals surface area contributed by atoms with Gasteiger partial charge in [-0.15, -0.1) is 0 Å². The number of ether oxygens (including phenoxy) is 1. The molecule has 0 aliphatic rings. The molecule has 0 aliphatic carbocycles. The van der Waals surface area contributed by atoms with Gasteiger partial charge >= 0.3 is 5.97 Å². The molecule has 0 aliphatic heterocycles. The summed E-state index contributed by atoms with van der Waals surface area (Å²) in [5.41, 5.74) is 3.99. The molecule has 1 aromatic carbocycles. The highest BCUT2D eigenvalue weighted by molar-refractivity contribution is 6.08.